The molecule has 6 nitrogen and oxygen atoms in total. The number of para-hydroxylation sites is 1. The molecule has 1 N–H and O–H groups in total. The van der Waals surface area contributed by atoms with Crippen LogP contribution in [0.3, 0.4) is 0 Å². The smallest absolute Gasteiger partial charge is 0.282 e. The number of nitrogens with one attached hydrogen (secondary N) is 1. The maximum absolute atomic E-state index is 13.4. The molecule has 0 radical (unpaired) electrons. The fraction of sp³-hybridized carbons (Fsp3) is 0.227. The lowest BCUT2D eigenvalue weighted by Gasteiger charge is -2.04. The number of rotatable bonds is 8. The van der Waals surface area contributed by atoms with E-state index >= 15 is 0 Å². The first-order valence-corrected chi connectivity index (χ1v) is 11.8. The number of halogens is 1. The van der Waals surface area contributed by atoms with Gasteiger partial charge >= 0.3 is 0 Å². The molecule has 0 saturated heterocycles. The van der Waals surface area contributed by atoms with Crippen molar-refractivity contribution < 1.29 is 4.74 Å². The molecule has 31 heavy (non-hydrogen) atoms. The molecule has 0 spiro atoms. The predicted octanol–water partition coefficient (Wildman–Crippen LogP) is 5.18. The number of benzene rings is 2. The molecule has 0 saturated carbocycles. The van der Waals surface area contributed by atoms with E-state index in [1.165, 1.54) is 16.0 Å². The Hall–Kier alpha value is -2.39. The molecule has 160 valence electrons. The van der Waals surface area contributed by atoms with Gasteiger partial charge in [0.15, 0.2) is 0 Å². The van der Waals surface area contributed by atoms with Gasteiger partial charge in [0.1, 0.15) is 0 Å². The third kappa shape index (κ3) is 4.93. The lowest BCUT2D eigenvalue weighted by atomic mass is 10.2. The number of ether oxygens (including phenoxy) is 1. The van der Waals surface area contributed by atoms with E-state index in [1.54, 1.807) is 18.9 Å². The summed E-state index contributed by atoms with van der Waals surface area (Å²) in [6.45, 7) is 2.86. The molecule has 2 aromatic heterocycles. The average molecular weight is 473 g/mol. The molecular formula is C22H21ClN4O2S2. The molecule has 0 fully saturated rings. The molecule has 0 aliphatic heterocycles. The fourth-order valence-electron chi connectivity index (χ4n) is 3.12. The Bertz CT molecular complexity index is 1240. The topological polar surface area (TPSA) is 72.3 Å². The summed E-state index contributed by atoms with van der Waals surface area (Å²) in [5, 5.41) is 4.58. The Labute approximate surface area is 192 Å². The van der Waals surface area contributed by atoms with Gasteiger partial charge in [0.05, 0.1) is 34.6 Å². The summed E-state index contributed by atoms with van der Waals surface area (Å²) in [6, 6.07) is 15.5. The van der Waals surface area contributed by atoms with Crippen LogP contribution in [-0.2, 0) is 10.5 Å². The first kappa shape index (κ1) is 21.8. The minimum atomic E-state index is -0.149. The van der Waals surface area contributed by atoms with Crippen molar-refractivity contribution in [2.75, 3.05) is 20.3 Å². The van der Waals surface area contributed by atoms with Gasteiger partial charge in [0.25, 0.3) is 5.56 Å². The Morgan fingerprint density at radius 2 is 2.03 bits per heavy atom. The number of thiazole rings is 1. The Kier molecular flexibility index (Phi) is 6.92. The van der Waals surface area contributed by atoms with Gasteiger partial charge < -0.3 is 4.74 Å². The number of aromatic amines is 1. The van der Waals surface area contributed by atoms with Crippen LogP contribution in [-0.4, -0.2) is 40.7 Å². The van der Waals surface area contributed by atoms with Gasteiger partial charge in [-0.2, -0.15) is 4.68 Å². The van der Waals surface area contributed by atoms with Crippen molar-refractivity contribution in [2.45, 2.75) is 17.6 Å². The van der Waals surface area contributed by atoms with Crippen LogP contribution < -0.4 is 5.56 Å². The summed E-state index contributed by atoms with van der Waals surface area (Å²) in [5.74, 6) is 0.585. The number of aliphatic imine (C=N–C) groups is 1. The lowest BCUT2D eigenvalue weighted by Crippen LogP contribution is -2.20. The monoisotopic (exact) mass is 472 g/mol. The molecule has 2 aromatic carbocycles. The van der Waals surface area contributed by atoms with E-state index in [0.717, 1.165) is 20.8 Å². The van der Waals surface area contributed by atoms with Gasteiger partial charge in [-0.3, -0.25) is 14.9 Å². The molecule has 4 aromatic rings. The number of hydrogen-bond acceptors (Lipinski definition) is 6. The maximum atomic E-state index is 13.4. The number of hydrogen-bond donors (Lipinski definition) is 1. The first-order valence-electron chi connectivity index (χ1n) is 9.65. The second-order valence-corrected chi connectivity index (χ2v) is 9.27. The van der Waals surface area contributed by atoms with Crippen LogP contribution in [0.2, 0.25) is 5.02 Å². The zero-order valence-corrected chi connectivity index (χ0v) is 19.5. The molecule has 0 aliphatic rings. The highest BCUT2D eigenvalue weighted by Gasteiger charge is 2.20. The van der Waals surface area contributed by atoms with E-state index < -0.39 is 0 Å². The van der Waals surface area contributed by atoms with E-state index in [0.29, 0.717) is 40.3 Å². The maximum Gasteiger partial charge on any atom is 0.282 e. The summed E-state index contributed by atoms with van der Waals surface area (Å²) >= 11 is 9.09. The van der Waals surface area contributed by atoms with Crippen molar-refractivity contribution in [3.63, 3.8) is 0 Å². The summed E-state index contributed by atoms with van der Waals surface area (Å²) in [4.78, 5) is 23.6. The number of aromatic nitrogens is 3. The van der Waals surface area contributed by atoms with Crippen molar-refractivity contribution in [1.29, 1.82) is 0 Å². The third-order valence-electron chi connectivity index (χ3n) is 4.64. The minimum Gasteiger partial charge on any atom is -0.383 e. The van der Waals surface area contributed by atoms with Crippen LogP contribution in [0.4, 0.5) is 0 Å². The van der Waals surface area contributed by atoms with Crippen LogP contribution in [0.1, 0.15) is 18.2 Å². The summed E-state index contributed by atoms with van der Waals surface area (Å²) in [7, 11) is 1.63. The quantitative estimate of drug-likeness (QED) is 0.218. The molecule has 4 rings (SSSR count). The summed E-state index contributed by atoms with van der Waals surface area (Å²) in [5.41, 5.74) is 2.79. The lowest BCUT2D eigenvalue weighted by molar-refractivity contribution is 0.208. The van der Waals surface area contributed by atoms with Gasteiger partial charge in [-0.15, -0.1) is 11.8 Å². The minimum absolute atomic E-state index is 0.149. The molecule has 9 heteroatoms. The summed E-state index contributed by atoms with van der Waals surface area (Å²) in [6.07, 6.45) is 0. The van der Waals surface area contributed by atoms with Gasteiger partial charge in [-0.1, -0.05) is 35.1 Å². The highest BCUT2D eigenvalue weighted by Crippen LogP contribution is 2.27. The molecule has 2 heterocycles. The molecular weight excluding hydrogens is 452 g/mol. The molecule has 0 unspecified atom stereocenters. The molecule has 0 aliphatic carbocycles. The number of H-pyrrole nitrogens is 1. The largest absolute Gasteiger partial charge is 0.383 e. The van der Waals surface area contributed by atoms with Gasteiger partial charge in [-0.25, -0.2) is 4.98 Å². The fourth-order valence-corrected chi connectivity index (χ4v) is 5.02. The van der Waals surface area contributed by atoms with E-state index in [-0.39, 0.29) is 5.56 Å². The van der Waals surface area contributed by atoms with E-state index in [4.69, 9.17) is 16.3 Å². The van der Waals surface area contributed by atoms with E-state index in [1.807, 2.05) is 55.5 Å². The van der Waals surface area contributed by atoms with Crippen LogP contribution >= 0.6 is 34.7 Å². The van der Waals surface area contributed by atoms with Crippen LogP contribution in [0.25, 0.3) is 15.3 Å². The molecule has 0 amide bonds. The SMILES string of the molecule is COCCN=C(C)c1c(CSc2ccc(Cl)cc2)[nH]n(-c2nc3ccccc3s2)c1=O. The van der Waals surface area contributed by atoms with Crippen LogP contribution in [0.15, 0.2) is 63.2 Å². The normalized spacial score (nSPS) is 12.0. The highest BCUT2D eigenvalue weighted by atomic mass is 35.5. The predicted molar refractivity (Wildman–Crippen MR) is 130 cm³/mol. The van der Waals surface area contributed by atoms with Gasteiger partial charge in [0, 0.05) is 28.5 Å². The second kappa shape index (κ2) is 9.82. The highest BCUT2D eigenvalue weighted by molar-refractivity contribution is 7.98. The van der Waals surface area contributed by atoms with Crippen molar-refractivity contribution in [3.05, 3.63) is 75.2 Å². The van der Waals surface area contributed by atoms with Crippen LogP contribution in [0.5, 0.6) is 0 Å². The van der Waals surface area contributed by atoms with Gasteiger partial charge in [0.2, 0.25) is 5.13 Å². The third-order valence-corrected chi connectivity index (χ3v) is 6.95. The van der Waals surface area contributed by atoms with E-state index in [2.05, 4.69) is 15.1 Å². The first-order chi connectivity index (χ1) is 15.1. The Morgan fingerprint density at radius 3 is 2.77 bits per heavy atom. The number of nitrogens with zero attached hydrogens (tertiary/aromatic N) is 3. The van der Waals surface area contributed by atoms with Crippen molar-refractivity contribution in [1.82, 2.24) is 14.8 Å². The Balaban J connectivity index is 1.72. The molecule has 0 atom stereocenters. The Morgan fingerprint density at radius 1 is 1.26 bits per heavy atom. The average Bonchev–Trinajstić information content (AvgIpc) is 3.34. The van der Waals surface area contributed by atoms with Crippen molar-refractivity contribution in [3.8, 4) is 5.13 Å². The zero-order valence-electron chi connectivity index (χ0n) is 17.1. The van der Waals surface area contributed by atoms with Gasteiger partial charge in [-0.05, 0) is 43.3 Å². The number of methoxy groups -OCH3 is 1. The number of fused-ring (bicyclic) bond motifs is 1. The van der Waals surface area contributed by atoms with E-state index in [9.17, 15) is 4.79 Å². The second-order valence-electron chi connectivity index (χ2n) is 6.77. The molecule has 0 bridgehead atoms. The standard InChI is InChI=1S/C22H21ClN4O2S2/c1-14(24-11-12-29-2)20-18(13-30-16-9-7-15(23)8-10-16)26-27(21(20)28)22-25-17-5-3-4-6-19(17)31-22/h3-10,26H,11-13H2,1-2H3. The van der Waals surface area contributed by atoms with Crippen molar-refractivity contribution in [2.24, 2.45) is 4.99 Å². The van der Waals surface area contributed by atoms with Crippen molar-refractivity contribution >= 4 is 50.6 Å². The summed E-state index contributed by atoms with van der Waals surface area (Å²) < 4.78 is 7.64. The number of thioether (sulfide) groups is 1. The van der Waals surface area contributed by atoms with Crippen LogP contribution in [0, 0.1) is 0 Å². The zero-order chi connectivity index (χ0) is 21.8.